The lowest BCUT2D eigenvalue weighted by atomic mass is 10.2. The topological polar surface area (TPSA) is 80.0 Å². The highest BCUT2D eigenvalue weighted by atomic mass is 32.1. The van der Waals surface area contributed by atoms with Crippen molar-refractivity contribution >= 4 is 22.2 Å². The van der Waals surface area contributed by atoms with Crippen LogP contribution in [-0.4, -0.2) is 62.6 Å². The van der Waals surface area contributed by atoms with Gasteiger partial charge in [-0.25, -0.2) is 4.98 Å². The summed E-state index contributed by atoms with van der Waals surface area (Å²) in [4.78, 5) is 35.1. The molecule has 2 aromatic carbocycles. The number of rotatable bonds is 7. The van der Waals surface area contributed by atoms with E-state index in [1.165, 1.54) is 15.9 Å². The van der Waals surface area contributed by atoms with E-state index >= 15 is 0 Å². The summed E-state index contributed by atoms with van der Waals surface area (Å²) < 4.78 is 7.30. The molecule has 1 fully saturated rings. The fraction of sp³-hybridized carbons (Fsp3) is 0.308. The number of ether oxygens (including phenoxy) is 1. The molecule has 0 N–H and O–H groups in total. The Kier molecular flexibility index (Phi) is 6.87. The van der Waals surface area contributed by atoms with Gasteiger partial charge in [0.2, 0.25) is 4.96 Å². The molecule has 9 heteroatoms. The molecule has 1 aliphatic rings. The molecule has 0 aliphatic carbocycles. The van der Waals surface area contributed by atoms with Gasteiger partial charge >= 0.3 is 0 Å². The van der Waals surface area contributed by atoms with Crippen LogP contribution in [0, 0.1) is 0 Å². The fourth-order valence-electron chi connectivity index (χ4n) is 4.17. The van der Waals surface area contributed by atoms with Crippen LogP contribution in [0.3, 0.4) is 0 Å². The zero-order valence-corrected chi connectivity index (χ0v) is 20.4. The van der Waals surface area contributed by atoms with Crippen molar-refractivity contribution in [3.05, 3.63) is 82.8 Å². The molecule has 1 aliphatic heterocycles. The largest absolute Gasteiger partial charge is 0.481 e. The standard InChI is InChI=1S/C26H27N5O3S/c1-2-22(34-21-11-7-4-8-12-21)25(33)30-15-13-29(14-16-30)18-20-17-23(32)31-26(27-20)35-24(28-31)19-9-5-3-6-10-19/h3-12,17,22H,2,13-16,18H2,1H3/t22-/m0/s1. The molecule has 35 heavy (non-hydrogen) atoms. The van der Waals surface area contributed by atoms with Gasteiger partial charge in [-0.2, -0.15) is 9.61 Å². The van der Waals surface area contributed by atoms with E-state index in [4.69, 9.17) is 9.72 Å². The molecule has 1 atom stereocenters. The molecule has 4 aromatic rings. The van der Waals surface area contributed by atoms with Crippen LogP contribution in [0.15, 0.2) is 71.5 Å². The second-order valence-electron chi connectivity index (χ2n) is 8.48. The number of carbonyl (C=O) groups excluding carboxylic acids is 1. The van der Waals surface area contributed by atoms with E-state index in [-0.39, 0.29) is 11.5 Å². The summed E-state index contributed by atoms with van der Waals surface area (Å²) >= 11 is 1.41. The highest BCUT2D eigenvalue weighted by Crippen LogP contribution is 2.24. The molecule has 180 valence electrons. The summed E-state index contributed by atoms with van der Waals surface area (Å²) in [6.45, 7) is 5.19. The Bertz CT molecular complexity index is 1350. The Morgan fingerprint density at radius 2 is 1.71 bits per heavy atom. The lowest BCUT2D eigenvalue weighted by molar-refractivity contribution is -0.140. The van der Waals surface area contributed by atoms with Crippen molar-refractivity contribution in [3.63, 3.8) is 0 Å². The van der Waals surface area contributed by atoms with E-state index in [9.17, 15) is 9.59 Å². The SMILES string of the molecule is CC[C@H](Oc1ccccc1)C(=O)N1CCN(Cc2cc(=O)n3nc(-c4ccccc4)sc3n2)CC1. The van der Waals surface area contributed by atoms with Crippen molar-refractivity contribution in [1.82, 2.24) is 24.4 Å². The van der Waals surface area contributed by atoms with Gasteiger partial charge in [-0.3, -0.25) is 14.5 Å². The van der Waals surface area contributed by atoms with Crippen molar-refractivity contribution in [2.75, 3.05) is 26.2 Å². The minimum absolute atomic E-state index is 0.0203. The van der Waals surface area contributed by atoms with Crippen molar-refractivity contribution in [2.45, 2.75) is 26.0 Å². The van der Waals surface area contributed by atoms with Gasteiger partial charge in [-0.15, -0.1) is 0 Å². The number of carbonyl (C=O) groups is 1. The van der Waals surface area contributed by atoms with Gasteiger partial charge in [0.05, 0.1) is 5.69 Å². The maximum absolute atomic E-state index is 13.0. The monoisotopic (exact) mass is 489 g/mol. The first-order valence-electron chi connectivity index (χ1n) is 11.8. The van der Waals surface area contributed by atoms with Crippen LogP contribution in [0.2, 0.25) is 0 Å². The number of aromatic nitrogens is 3. The molecule has 0 saturated carbocycles. The van der Waals surface area contributed by atoms with E-state index in [0.717, 1.165) is 16.3 Å². The molecule has 1 amide bonds. The fourth-order valence-corrected chi connectivity index (χ4v) is 5.09. The van der Waals surface area contributed by atoms with Crippen LogP contribution in [0.5, 0.6) is 5.75 Å². The smallest absolute Gasteiger partial charge is 0.275 e. The third kappa shape index (κ3) is 5.26. The van der Waals surface area contributed by atoms with Gasteiger partial charge in [0, 0.05) is 44.4 Å². The number of amides is 1. The summed E-state index contributed by atoms with van der Waals surface area (Å²) in [5.41, 5.74) is 1.50. The van der Waals surface area contributed by atoms with Gasteiger partial charge in [0.25, 0.3) is 11.5 Å². The van der Waals surface area contributed by atoms with Gasteiger partial charge in [-0.1, -0.05) is 66.8 Å². The molecule has 0 unspecified atom stereocenters. The molecule has 0 radical (unpaired) electrons. The van der Waals surface area contributed by atoms with Gasteiger partial charge in [0.15, 0.2) is 6.10 Å². The predicted molar refractivity (Wildman–Crippen MR) is 136 cm³/mol. The van der Waals surface area contributed by atoms with Crippen LogP contribution in [0.1, 0.15) is 19.0 Å². The van der Waals surface area contributed by atoms with Crippen LogP contribution >= 0.6 is 11.3 Å². The maximum Gasteiger partial charge on any atom is 0.275 e. The van der Waals surface area contributed by atoms with Crippen LogP contribution < -0.4 is 10.3 Å². The number of fused-ring (bicyclic) bond motifs is 1. The zero-order valence-electron chi connectivity index (χ0n) is 19.5. The van der Waals surface area contributed by atoms with Crippen molar-refractivity contribution in [1.29, 1.82) is 0 Å². The van der Waals surface area contributed by atoms with Crippen molar-refractivity contribution < 1.29 is 9.53 Å². The number of para-hydroxylation sites is 1. The predicted octanol–water partition coefficient (Wildman–Crippen LogP) is 3.32. The Morgan fingerprint density at radius 3 is 2.40 bits per heavy atom. The first-order valence-corrected chi connectivity index (χ1v) is 12.6. The molecule has 2 aromatic heterocycles. The van der Waals surface area contributed by atoms with E-state index < -0.39 is 6.10 Å². The highest BCUT2D eigenvalue weighted by Gasteiger charge is 2.28. The second kappa shape index (κ2) is 10.4. The molecular weight excluding hydrogens is 462 g/mol. The first kappa shape index (κ1) is 23.2. The number of nitrogens with zero attached hydrogens (tertiary/aromatic N) is 5. The Balaban J connectivity index is 1.22. The minimum atomic E-state index is -0.488. The Hall–Kier alpha value is -3.56. The summed E-state index contributed by atoms with van der Waals surface area (Å²) in [6.07, 6.45) is 0.125. The van der Waals surface area contributed by atoms with E-state index in [2.05, 4.69) is 10.00 Å². The normalized spacial score (nSPS) is 15.3. The number of hydrogen-bond acceptors (Lipinski definition) is 7. The molecule has 1 saturated heterocycles. The van der Waals surface area contributed by atoms with E-state index in [1.54, 1.807) is 6.07 Å². The van der Waals surface area contributed by atoms with Crippen molar-refractivity contribution in [2.24, 2.45) is 0 Å². The van der Waals surface area contributed by atoms with Crippen LogP contribution in [0.25, 0.3) is 15.5 Å². The van der Waals surface area contributed by atoms with Gasteiger partial charge in [-0.05, 0) is 18.6 Å². The zero-order chi connectivity index (χ0) is 24.2. The van der Waals surface area contributed by atoms with Gasteiger partial charge in [0.1, 0.15) is 10.8 Å². The third-order valence-electron chi connectivity index (χ3n) is 6.06. The van der Waals surface area contributed by atoms with Crippen LogP contribution in [0.4, 0.5) is 0 Å². The third-order valence-corrected chi connectivity index (χ3v) is 7.01. The van der Waals surface area contributed by atoms with Crippen LogP contribution in [-0.2, 0) is 11.3 Å². The average Bonchev–Trinajstić information content (AvgIpc) is 3.33. The van der Waals surface area contributed by atoms with Gasteiger partial charge < -0.3 is 9.64 Å². The maximum atomic E-state index is 13.0. The summed E-state index contributed by atoms with van der Waals surface area (Å²) in [7, 11) is 0. The second-order valence-corrected chi connectivity index (χ2v) is 9.44. The van der Waals surface area contributed by atoms with E-state index in [0.29, 0.717) is 49.9 Å². The Labute approximate surface area is 207 Å². The summed E-state index contributed by atoms with van der Waals surface area (Å²) in [5.74, 6) is 0.726. The summed E-state index contributed by atoms with van der Waals surface area (Å²) in [5, 5.41) is 5.21. The molecule has 0 bridgehead atoms. The lowest BCUT2D eigenvalue weighted by Gasteiger charge is -2.36. The minimum Gasteiger partial charge on any atom is -0.481 e. The van der Waals surface area contributed by atoms with Crippen molar-refractivity contribution in [3.8, 4) is 16.3 Å². The van der Waals surface area contributed by atoms with E-state index in [1.807, 2.05) is 72.5 Å². The highest BCUT2D eigenvalue weighted by molar-refractivity contribution is 7.19. The molecule has 3 heterocycles. The lowest BCUT2D eigenvalue weighted by Crippen LogP contribution is -2.52. The number of benzene rings is 2. The number of hydrogen-bond donors (Lipinski definition) is 0. The summed E-state index contributed by atoms with van der Waals surface area (Å²) in [6, 6.07) is 20.8. The average molecular weight is 490 g/mol. The quantitative estimate of drug-likeness (QED) is 0.396. The molecule has 5 rings (SSSR count). The molecule has 0 spiro atoms. The molecule has 8 nitrogen and oxygen atoms in total. The number of piperazine rings is 1. The first-order chi connectivity index (χ1) is 17.1. The molecular formula is C26H27N5O3S. The Morgan fingerprint density at radius 1 is 1.03 bits per heavy atom.